The molecule has 0 aromatic heterocycles. The molecule has 2 unspecified atom stereocenters. The highest BCUT2D eigenvalue weighted by molar-refractivity contribution is 5.70. The van der Waals surface area contributed by atoms with Gasteiger partial charge in [-0.1, -0.05) is 18.9 Å². The second kappa shape index (κ2) is 7.01. The van der Waals surface area contributed by atoms with E-state index in [9.17, 15) is 4.79 Å². The molecule has 1 aromatic carbocycles. The molecule has 1 heterocycles. The monoisotopic (exact) mass is 361 g/mol. The number of carbonyl (C=O) groups excluding carboxylic acids is 1. The predicted molar refractivity (Wildman–Crippen MR) is 101 cm³/mol. The molecule has 2 fully saturated rings. The number of methoxy groups -OCH3 is 2. The van der Waals surface area contributed by atoms with Gasteiger partial charge in [-0.2, -0.15) is 0 Å². The van der Waals surface area contributed by atoms with Crippen LogP contribution in [0.25, 0.3) is 0 Å². The average molecular weight is 361 g/mol. The number of likely N-dealkylation sites (tertiary alicyclic amines) is 1. The smallest absolute Gasteiger partial charge is 0.410 e. The number of rotatable bonds is 3. The van der Waals surface area contributed by atoms with E-state index in [1.54, 1.807) is 14.2 Å². The molecule has 1 aromatic rings. The topological polar surface area (TPSA) is 48.0 Å². The number of ether oxygens (including phenoxy) is 3. The Morgan fingerprint density at radius 2 is 1.85 bits per heavy atom. The molecule has 1 aliphatic heterocycles. The number of hydrogen-bond acceptors (Lipinski definition) is 4. The molecule has 0 radical (unpaired) electrons. The molecule has 2 aliphatic rings. The molecule has 0 spiro atoms. The van der Waals surface area contributed by atoms with Crippen LogP contribution in [-0.2, 0) is 10.2 Å². The van der Waals surface area contributed by atoms with Crippen LogP contribution in [0.2, 0.25) is 0 Å². The second-order valence-corrected chi connectivity index (χ2v) is 8.41. The third-order valence-corrected chi connectivity index (χ3v) is 5.75. The normalized spacial score (nSPS) is 25.6. The fourth-order valence-corrected chi connectivity index (χ4v) is 4.61. The minimum Gasteiger partial charge on any atom is -0.493 e. The molecule has 1 saturated heterocycles. The standard InChI is InChI=1S/C21H31NO4/c1-20(2,3)26-19(23)22-13-12-21(11-7-6-8-18(21)22)15-9-10-16(24-4)17(14-15)25-5/h9-10,14,18H,6-8,11-13H2,1-5H3. The van der Waals surface area contributed by atoms with E-state index in [1.807, 2.05) is 31.7 Å². The van der Waals surface area contributed by atoms with E-state index in [0.29, 0.717) is 0 Å². The number of fused-ring (bicyclic) bond motifs is 1. The molecular weight excluding hydrogens is 330 g/mol. The Kier molecular flexibility index (Phi) is 5.09. The van der Waals surface area contributed by atoms with Crippen LogP contribution in [0.5, 0.6) is 11.5 Å². The maximum atomic E-state index is 12.8. The third-order valence-electron chi connectivity index (χ3n) is 5.75. The molecule has 0 N–H and O–H groups in total. The maximum absolute atomic E-state index is 12.8. The lowest BCUT2D eigenvalue weighted by atomic mass is 9.66. The zero-order valence-corrected chi connectivity index (χ0v) is 16.6. The minimum atomic E-state index is -0.472. The summed E-state index contributed by atoms with van der Waals surface area (Å²) in [6.45, 7) is 6.50. The highest BCUT2D eigenvalue weighted by atomic mass is 16.6. The Balaban J connectivity index is 1.93. The zero-order valence-electron chi connectivity index (χ0n) is 16.6. The third kappa shape index (κ3) is 3.36. The first kappa shape index (κ1) is 18.9. The Hall–Kier alpha value is -1.91. The van der Waals surface area contributed by atoms with Crippen LogP contribution in [0.3, 0.4) is 0 Å². The summed E-state index contributed by atoms with van der Waals surface area (Å²) in [5, 5.41) is 0. The number of hydrogen-bond donors (Lipinski definition) is 0. The summed E-state index contributed by atoms with van der Waals surface area (Å²) in [5.74, 6) is 1.49. The minimum absolute atomic E-state index is 0.0191. The van der Waals surface area contributed by atoms with Crippen LogP contribution in [0, 0.1) is 0 Å². The molecule has 5 nitrogen and oxygen atoms in total. The van der Waals surface area contributed by atoms with Gasteiger partial charge in [0.2, 0.25) is 0 Å². The van der Waals surface area contributed by atoms with Crippen molar-refractivity contribution in [2.75, 3.05) is 20.8 Å². The van der Waals surface area contributed by atoms with Crippen LogP contribution in [0.15, 0.2) is 18.2 Å². The summed E-state index contributed by atoms with van der Waals surface area (Å²) in [5.41, 5.74) is 0.751. The lowest BCUT2D eigenvalue weighted by Crippen LogP contribution is -2.48. The summed E-state index contributed by atoms with van der Waals surface area (Å²) in [4.78, 5) is 14.7. The average Bonchev–Trinajstić information content (AvgIpc) is 3.00. The first-order valence-electron chi connectivity index (χ1n) is 9.53. The van der Waals surface area contributed by atoms with Crippen LogP contribution in [0.4, 0.5) is 4.79 Å². The van der Waals surface area contributed by atoms with E-state index in [4.69, 9.17) is 14.2 Å². The first-order chi connectivity index (χ1) is 12.3. The van der Waals surface area contributed by atoms with Gasteiger partial charge in [0.1, 0.15) is 5.60 Å². The lowest BCUT2D eigenvalue weighted by molar-refractivity contribution is 0.0162. The first-order valence-corrected chi connectivity index (χ1v) is 9.53. The Labute approximate surface area is 156 Å². The van der Waals surface area contributed by atoms with Gasteiger partial charge < -0.3 is 19.1 Å². The Bertz CT molecular complexity index is 666. The molecule has 144 valence electrons. The SMILES string of the molecule is COc1ccc(C23CCCCC2N(C(=O)OC(C)(C)C)CC3)cc1OC. The van der Waals surface area contributed by atoms with E-state index in [2.05, 4.69) is 12.1 Å². The van der Waals surface area contributed by atoms with E-state index in [-0.39, 0.29) is 17.6 Å². The van der Waals surface area contributed by atoms with E-state index >= 15 is 0 Å². The molecule has 1 amide bonds. The van der Waals surface area contributed by atoms with Gasteiger partial charge in [-0.05, 0) is 57.7 Å². The fourth-order valence-electron chi connectivity index (χ4n) is 4.61. The largest absolute Gasteiger partial charge is 0.493 e. The van der Waals surface area contributed by atoms with Gasteiger partial charge in [-0.3, -0.25) is 0 Å². The van der Waals surface area contributed by atoms with Crippen molar-refractivity contribution in [2.24, 2.45) is 0 Å². The van der Waals surface area contributed by atoms with Crippen LogP contribution in [-0.4, -0.2) is 43.4 Å². The van der Waals surface area contributed by atoms with Crippen LogP contribution in [0.1, 0.15) is 58.4 Å². The van der Waals surface area contributed by atoms with Gasteiger partial charge in [-0.25, -0.2) is 4.79 Å². The predicted octanol–water partition coefficient (Wildman–Crippen LogP) is 4.53. The van der Waals surface area contributed by atoms with Crippen molar-refractivity contribution in [2.45, 2.75) is 69.9 Å². The number of benzene rings is 1. The van der Waals surface area contributed by atoms with Crippen molar-refractivity contribution in [1.82, 2.24) is 4.90 Å². The summed E-state index contributed by atoms with van der Waals surface area (Å²) >= 11 is 0. The van der Waals surface area contributed by atoms with Crippen molar-refractivity contribution >= 4 is 6.09 Å². The lowest BCUT2D eigenvalue weighted by Gasteiger charge is -2.42. The van der Waals surface area contributed by atoms with Gasteiger partial charge in [0.25, 0.3) is 0 Å². The van der Waals surface area contributed by atoms with E-state index in [0.717, 1.165) is 43.7 Å². The van der Waals surface area contributed by atoms with Gasteiger partial charge in [0, 0.05) is 18.0 Å². The van der Waals surface area contributed by atoms with Crippen LogP contribution >= 0.6 is 0 Å². The van der Waals surface area contributed by atoms with Gasteiger partial charge >= 0.3 is 6.09 Å². The van der Waals surface area contributed by atoms with Gasteiger partial charge in [0.05, 0.1) is 14.2 Å². The van der Waals surface area contributed by atoms with Gasteiger partial charge in [-0.15, -0.1) is 0 Å². The van der Waals surface area contributed by atoms with E-state index in [1.165, 1.54) is 12.0 Å². The highest BCUT2D eigenvalue weighted by Crippen LogP contribution is 2.50. The summed E-state index contributed by atoms with van der Waals surface area (Å²) < 4.78 is 16.6. The molecule has 1 saturated carbocycles. The summed E-state index contributed by atoms with van der Waals surface area (Å²) in [6, 6.07) is 6.39. The van der Waals surface area contributed by atoms with Gasteiger partial charge in [0.15, 0.2) is 11.5 Å². The van der Waals surface area contributed by atoms with Crippen molar-refractivity contribution in [1.29, 1.82) is 0 Å². The van der Waals surface area contributed by atoms with Crippen LogP contribution < -0.4 is 9.47 Å². The van der Waals surface area contributed by atoms with Crippen molar-refractivity contribution in [3.63, 3.8) is 0 Å². The highest BCUT2D eigenvalue weighted by Gasteiger charge is 2.52. The number of carbonyl (C=O) groups is 1. The Morgan fingerprint density at radius 1 is 1.12 bits per heavy atom. The number of nitrogens with zero attached hydrogens (tertiary/aromatic N) is 1. The Morgan fingerprint density at radius 3 is 2.50 bits per heavy atom. The van der Waals surface area contributed by atoms with E-state index < -0.39 is 5.60 Å². The van der Waals surface area contributed by atoms with Crippen molar-refractivity contribution in [3.8, 4) is 11.5 Å². The maximum Gasteiger partial charge on any atom is 0.410 e. The summed E-state index contributed by atoms with van der Waals surface area (Å²) in [6.07, 6.45) is 5.23. The zero-order chi connectivity index (χ0) is 18.9. The second-order valence-electron chi connectivity index (χ2n) is 8.41. The van der Waals surface area contributed by atoms with Crippen molar-refractivity contribution < 1.29 is 19.0 Å². The fraction of sp³-hybridized carbons (Fsp3) is 0.667. The van der Waals surface area contributed by atoms with Crippen molar-refractivity contribution in [3.05, 3.63) is 23.8 Å². The quantitative estimate of drug-likeness (QED) is 0.794. The molecule has 0 bridgehead atoms. The molecule has 5 heteroatoms. The number of amides is 1. The molecular formula is C21H31NO4. The molecule has 1 aliphatic carbocycles. The molecule has 2 atom stereocenters. The molecule has 3 rings (SSSR count). The summed E-state index contributed by atoms with van der Waals surface area (Å²) in [7, 11) is 3.32. The molecule has 26 heavy (non-hydrogen) atoms.